The minimum atomic E-state index is -0.382. The molecule has 1 fully saturated rings. The lowest BCUT2D eigenvalue weighted by molar-refractivity contribution is -0.119. The third-order valence-corrected chi connectivity index (χ3v) is 4.05. The molecule has 2 rings (SSSR count). The Morgan fingerprint density at radius 3 is 2.50 bits per heavy atom. The van der Waals surface area contributed by atoms with Crippen molar-refractivity contribution >= 4 is 5.78 Å². The number of benzene rings is 1. The Morgan fingerprint density at radius 1 is 1.25 bits per heavy atom. The predicted octanol–water partition coefficient (Wildman–Crippen LogP) is 3.36. The molecule has 1 aromatic carbocycles. The molecule has 0 bridgehead atoms. The SMILES string of the molecule is CC(CO)OC1(CC(=O)c2ccccc2)CCCCC1. The van der Waals surface area contributed by atoms with Crippen molar-refractivity contribution in [2.24, 2.45) is 0 Å². The Kier molecular flexibility index (Phi) is 5.32. The van der Waals surface area contributed by atoms with Gasteiger partial charge in [0.15, 0.2) is 5.78 Å². The number of carbonyl (C=O) groups excluding carboxylic acids is 1. The molecular weight excluding hydrogens is 252 g/mol. The first-order valence-electron chi connectivity index (χ1n) is 7.52. The maximum Gasteiger partial charge on any atom is 0.165 e. The van der Waals surface area contributed by atoms with Crippen LogP contribution in [0.3, 0.4) is 0 Å². The second-order valence-electron chi connectivity index (χ2n) is 5.82. The predicted molar refractivity (Wildman–Crippen MR) is 78.8 cm³/mol. The summed E-state index contributed by atoms with van der Waals surface area (Å²) in [7, 11) is 0. The van der Waals surface area contributed by atoms with E-state index in [1.54, 1.807) is 0 Å². The van der Waals surface area contributed by atoms with E-state index in [9.17, 15) is 9.90 Å². The molecule has 3 nitrogen and oxygen atoms in total. The Bertz CT molecular complexity index is 421. The average molecular weight is 276 g/mol. The van der Waals surface area contributed by atoms with Gasteiger partial charge >= 0.3 is 0 Å². The summed E-state index contributed by atoms with van der Waals surface area (Å²) in [5, 5.41) is 9.22. The molecular formula is C17H24O3. The highest BCUT2D eigenvalue weighted by molar-refractivity contribution is 5.96. The van der Waals surface area contributed by atoms with Crippen LogP contribution < -0.4 is 0 Å². The van der Waals surface area contributed by atoms with E-state index in [4.69, 9.17) is 4.74 Å². The van der Waals surface area contributed by atoms with Gasteiger partial charge < -0.3 is 9.84 Å². The van der Waals surface area contributed by atoms with Crippen LogP contribution in [0.4, 0.5) is 0 Å². The van der Waals surface area contributed by atoms with E-state index < -0.39 is 0 Å². The standard InChI is InChI=1S/C17H24O3/c1-14(13-18)20-17(10-6-3-7-11-17)12-16(19)15-8-4-2-5-9-15/h2,4-5,8-9,14,18H,3,6-7,10-13H2,1H3. The maximum absolute atomic E-state index is 12.4. The highest BCUT2D eigenvalue weighted by Crippen LogP contribution is 2.36. The minimum Gasteiger partial charge on any atom is -0.394 e. The van der Waals surface area contributed by atoms with E-state index in [1.165, 1.54) is 6.42 Å². The van der Waals surface area contributed by atoms with Crippen LogP contribution in [0.5, 0.6) is 0 Å². The summed E-state index contributed by atoms with van der Waals surface area (Å²) in [6.07, 6.45) is 5.43. The number of carbonyl (C=O) groups is 1. The second kappa shape index (κ2) is 7.00. The molecule has 0 radical (unpaired) electrons. The zero-order chi connectivity index (χ0) is 14.4. The molecule has 20 heavy (non-hydrogen) atoms. The van der Waals surface area contributed by atoms with E-state index in [0.717, 1.165) is 31.2 Å². The fourth-order valence-electron chi connectivity index (χ4n) is 3.02. The Balaban J connectivity index is 2.09. The van der Waals surface area contributed by atoms with E-state index in [1.807, 2.05) is 37.3 Å². The molecule has 0 aliphatic heterocycles. The molecule has 3 heteroatoms. The van der Waals surface area contributed by atoms with Crippen LogP contribution in [-0.4, -0.2) is 29.2 Å². The molecule has 110 valence electrons. The summed E-state index contributed by atoms with van der Waals surface area (Å²) in [6.45, 7) is 1.87. The van der Waals surface area contributed by atoms with Gasteiger partial charge in [-0.3, -0.25) is 4.79 Å². The van der Waals surface area contributed by atoms with Gasteiger partial charge in [0, 0.05) is 12.0 Å². The van der Waals surface area contributed by atoms with Crippen molar-refractivity contribution in [1.82, 2.24) is 0 Å². The zero-order valence-electron chi connectivity index (χ0n) is 12.2. The van der Waals surface area contributed by atoms with Gasteiger partial charge in [0.2, 0.25) is 0 Å². The second-order valence-corrected chi connectivity index (χ2v) is 5.82. The number of ether oxygens (including phenoxy) is 1. The zero-order valence-corrected chi connectivity index (χ0v) is 12.2. The topological polar surface area (TPSA) is 46.5 Å². The highest BCUT2D eigenvalue weighted by atomic mass is 16.5. The molecule has 0 amide bonds. The summed E-state index contributed by atoms with van der Waals surface area (Å²) in [6, 6.07) is 9.40. The maximum atomic E-state index is 12.4. The van der Waals surface area contributed by atoms with Crippen molar-refractivity contribution in [2.45, 2.75) is 57.2 Å². The summed E-state index contributed by atoms with van der Waals surface area (Å²) in [5.41, 5.74) is 0.366. The molecule has 1 aliphatic carbocycles. The first-order chi connectivity index (χ1) is 9.65. The Hall–Kier alpha value is -1.19. The third kappa shape index (κ3) is 3.90. The van der Waals surface area contributed by atoms with Crippen molar-refractivity contribution < 1.29 is 14.6 Å². The van der Waals surface area contributed by atoms with Crippen molar-refractivity contribution in [2.75, 3.05) is 6.61 Å². The molecule has 0 heterocycles. The highest BCUT2D eigenvalue weighted by Gasteiger charge is 2.36. The number of aliphatic hydroxyl groups excluding tert-OH is 1. The molecule has 0 aromatic heterocycles. The van der Waals surface area contributed by atoms with Gasteiger partial charge in [0.25, 0.3) is 0 Å². The van der Waals surface area contributed by atoms with Crippen LogP contribution in [0.2, 0.25) is 0 Å². The summed E-state index contributed by atoms with van der Waals surface area (Å²) in [5.74, 6) is 0.137. The molecule has 1 unspecified atom stereocenters. The molecule has 1 N–H and O–H groups in total. The fraction of sp³-hybridized carbons (Fsp3) is 0.588. The van der Waals surface area contributed by atoms with Crippen molar-refractivity contribution in [3.05, 3.63) is 35.9 Å². The van der Waals surface area contributed by atoms with Gasteiger partial charge in [0.1, 0.15) is 0 Å². The lowest BCUT2D eigenvalue weighted by Gasteiger charge is -2.38. The normalized spacial score (nSPS) is 19.5. The summed E-state index contributed by atoms with van der Waals surface area (Å²) in [4.78, 5) is 12.4. The van der Waals surface area contributed by atoms with Crippen molar-refractivity contribution in [3.63, 3.8) is 0 Å². The smallest absolute Gasteiger partial charge is 0.165 e. The lowest BCUT2D eigenvalue weighted by atomic mass is 9.80. The Labute approximate surface area is 121 Å². The fourth-order valence-corrected chi connectivity index (χ4v) is 3.02. The minimum absolute atomic E-state index is 0.00127. The van der Waals surface area contributed by atoms with Crippen LogP contribution in [0.1, 0.15) is 55.8 Å². The van der Waals surface area contributed by atoms with Gasteiger partial charge in [-0.05, 0) is 19.8 Å². The van der Waals surface area contributed by atoms with Gasteiger partial charge in [-0.1, -0.05) is 49.6 Å². The largest absolute Gasteiger partial charge is 0.394 e. The van der Waals surface area contributed by atoms with Crippen LogP contribution in [-0.2, 0) is 4.74 Å². The summed E-state index contributed by atoms with van der Waals surface area (Å²) < 4.78 is 6.05. The first kappa shape index (κ1) is 15.2. The van der Waals surface area contributed by atoms with E-state index >= 15 is 0 Å². The quantitative estimate of drug-likeness (QED) is 0.810. The first-order valence-corrected chi connectivity index (χ1v) is 7.52. The third-order valence-electron chi connectivity index (χ3n) is 4.05. The van der Waals surface area contributed by atoms with Crippen LogP contribution in [0, 0.1) is 0 Å². The van der Waals surface area contributed by atoms with E-state index in [2.05, 4.69) is 0 Å². The number of ketones is 1. The van der Waals surface area contributed by atoms with Gasteiger partial charge in [-0.25, -0.2) is 0 Å². The van der Waals surface area contributed by atoms with Crippen LogP contribution in [0.25, 0.3) is 0 Å². The number of aliphatic hydroxyl groups is 1. The molecule has 1 saturated carbocycles. The number of Topliss-reactive ketones (excluding diaryl/α,β-unsaturated/α-hetero) is 1. The van der Waals surface area contributed by atoms with Gasteiger partial charge in [0.05, 0.1) is 18.3 Å². The van der Waals surface area contributed by atoms with Crippen molar-refractivity contribution in [1.29, 1.82) is 0 Å². The monoisotopic (exact) mass is 276 g/mol. The molecule has 1 aliphatic rings. The van der Waals surface area contributed by atoms with Crippen LogP contribution >= 0.6 is 0 Å². The van der Waals surface area contributed by atoms with Gasteiger partial charge in [-0.15, -0.1) is 0 Å². The number of hydrogen-bond acceptors (Lipinski definition) is 3. The summed E-state index contributed by atoms with van der Waals surface area (Å²) >= 11 is 0. The van der Waals surface area contributed by atoms with E-state index in [0.29, 0.717) is 6.42 Å². The van der Waals surface area contributed by atoms with Crippen LogP contribution in [0.15, 0.2) is 30.3 Å². The van der Waals surface area contributed by atoms with Gasteiger partial charge in [-0.2, -0.15) is 0 Å². The average Bonchev–Trinajstić information content (AvgIpc) is 2.48. The number of rotatable bonds is 6. The lowest BCUT2D eigenvalue weighted by Crippen LogP contribution is -2.41. The number of hydrogen-bond donors (Lipinski definition) is 1. The molecule has 0 saturated heterocycles. The molecule has 0 spiro atoms. The van der Waals surface area contributed by atoms with Crippen molar-refractivity contribution in [3.8, 4) is 0 Å². The molecule has 1 aromatic rings. The van der Waals surface area contributed by atoms with E-state index in [-0.39, 0.29) is 24.1 Å². The Morgan fingerprint density at radius 2 is 1.90 bits per heavy atom. The molecule has 1 atom stereocenters.